The van der Waals surface area contributed by atoms with Gasteiger partial charge in [0.1, 0.15) is 11.5 Å². The summed E-state index contributed by atoms with van der Waals surface area (Å²) in [6.45, 7) is 4.47. The Labute approximate surface area is 173 Å². The molecule has 1 fully saturated rings. The number of Topliss-reactive ketones (excluding diaryl/α,β-unsaturated/α-hetero) is 1. The smallest absolute Gasteiger partial charge is 0.232 e. The fourth-order valence-electron chi connectivity index (χ4n) is 4.00. The van der Waals surface area contributed by atoms with Gasteiger partial charge in [0.2, 0.25) is 5.78 Å². The average molecular weight is 442 g/mol. The van der Waals surface area contributed by atoms with Crippen molar-refractivity contribution in [3.05, 3.63) is 62.8 Å². The van der Waals surface area contributed by atoms with Crippen molar-refractivity contribution in [1.82, 2.24) is 4.90 Å². The lowest BCUT2D eigenvalue weighted by Gasteiger charge is -2.21. The molecule has 4 nitrogen and oxygen atoms in total. The average Bonchev–Trinajstić information content (AvgIpc) is 2.83. The standard InChI is InChI=1S/C23H24BrNO3/c1-15-11-19(26)18(14-25-9-4-2-3-5-10-25)23-21(15)22(27)20(28-23)13-16-7-6-8-17(24)12-16/h6-8,11-13,26H,2-5,9-10,14H2,1H3/b20-13-. The van der Waals surface area contributed by atoms with Gasteiger partial charge in [-0.05, 0) is 68.3 Å². The van der Waals surface area contributed by atoms with E-state index in [4.69, 9.17) is 4.74 Å². The zero-order valence-electron chi connectivity index (χ0n) is 16.0. The van der Waals surface area contributed by atoms with Crippen LogP contribution in [0.25, 0.3) is 6.08 Å². The normalized spacial score (nSPS) is 18.8. The number of fused-ring (bicyclic) bond motifs is 1. The van der Waals surface area contributed by atoms with E-state index in [1.165, 1.54) is 25.7 Å². The van der Waals surface area contributed by atoms with Crippen LogP contribution in [0.3, 0.4) is 0 Å². The Balaban J connectivity index is 1.69. The van der Waals surface area contributed by atoms with E-state index >= 15 is 0 Å². The number of ketones is 1. The molecule has 4 rings (SSSR count). The van der Waals surface area contributed by atoms with E-state index in [0.717, 1.165) is 28.7 Å². The van der Waals surface area contributed by atoms with Gasteiger partial charge >= 0.3 is 0 Å². The van der Waals surface area contributed by atoms with Gasteiger partial charge < -0.3 is 9.84 Å². The van der Waals surface area contributed by atoms with Gasteiger partial charge in [-0.25, -0.2) is 0 Å². The van der Waals surface area contributed by atoms with Crippen LogP contribution < -0.4 is 4.74 Å². The highest BCUT2D eigenvalue weighted by atomic mass is 79.9. The second-order valence-corrected chi connectivity index (χ2v) is 8.50. The minimum atomic E-state index is -0.121. The third-order valence-corrected chi connectivity index (χ3v) is 5.94. The number of ether oxygens (including phenoxy) is 1. The maximum Gasteiger partial charge on any atom is 0.232 e. The third kappa shape index (κ3) is 3.87. The number of allylic oxidation sites excluding steroid dienone is 1. The summed E-state index contributed by atoms with van der Waals surface area (Å²) in [4.78, 5) is 15.4. The zero-order valence-corrected chi connectivity index (χ0v) is 17.6. The predicted molar refractivity (Wildman–Crippen MR) is 114 cm³/mol. The highest BCUT2D eigenvalue weighted by Gasteiger charge is 2.33. The summed E-state index contributed by atoms with van der Waals surface area (Å²) >= 11 is 3.46. The minimum absolute atomic E-state index is 0.121. The largest absolute Gasteiger partial charge is 0.507 e. The molecule has 0 atom stereocenters. The van der Waals surface area contributed by atoms with Crippen LogP contribution in [-0.4, -0.2) is 28.9 Å². The number of halogens is 1. The monoisotopic (exact) mass is 441 g/mol. The second-order valence-electron chi connectivity index (χ2n) is 7.58. The Hall–Kier alpha value is -2.11. The maximum atomic E-state index is 13.0. The molecule has 146 valence electrons. The van der Waals surface area contributed by atoms with E-state index in [0.29, 0.717) is 29.2 Å². The van der Waals surface area contributed by atoms with Crippen LogP contribution in [0.5, 0.6) is 11.5 Å². The number of aryl methyl sites for hydroxylation is 1. The number of hydrogen-bond donors (Lipinski definition) is 1. The van der Waals surface area contributed by atoms with Gasteiger partial charge in [0.25, 0.3) is 0 Å². The van der Waals surface area contributed by atoms with Crippen molar-refractivity contribution in [3.8, 4) is 11.5 Å². The molecule has 2 aromatic carbocycles. The first-order valence-electron chi connectivity index (χ1n) is 9.80. The van der Waals surface area contributed by atoms with Gasteiger partial charge in [-0.3, -0.25) is 9.69 Å². The molecule has 2 aromatic rings. The SMILES string of the molecule is Cc1cc(O)c(CN2CCCCCC2)c2c1C(=O)/C(=C/c1cccc(Br)c1)O2. The molecule has 28 heavy (non-hydrogen) atoms. The molecule has 2 aliphatic heterocycles. The number of rotatable bonds is 3. The number of carbonyl (C=O) groups is 1. The molecule has 0 saturated carbocycles. The van der Waals surface area contributed by atoms with E-state index in [-0.39, 0.29) is 11.5 Å². The summed E-state index contributed by atoms with van der Waals surface area (Å²) < 4.78 is 6.98. The first-order valence-corrected chi connectivity index (χ1v) is 10.6. The van der Waals surface area contributed by atoms with Gasteiger partial charge in [0, 0.05) is 11.0 Å². The summed E-state index contributed by atoms with van der Waals surface area (Å²) in [6, 6.07) is 9.42. The lowest BCUT2D eigenvalue weighted by atomic mass is 9.99. The number of phenolic OH excluding ortho intramolecular Hbond substituents is 1. The van der Waals surface area contributed by atoms with E-state index in [2.05, 4.69) is 20.8 Å². The minimum Gasteiger partial charge on any atom is -0.507 e. The van der Waals surface area contributed by atoms with Crippen molar-refractivity contribution in [3.63, 3.8) is 0 Å². The summed E-state index contributed by atoms with van der Waals surface area (Å²) in [5.41, 5.74) is 2.92. The van der Waals surface area contributed by atoms with Crippen LogP contribution in [0.2, 0.25) is 0 Å². The molecule has 0 amide bonds. The third-order valence-electron chi connectivity index (χ3n) is 5.45. The van der Waals surface area contributed by atoms with Gasteiger partial charge in [-0.2, -0.15) is 0 Å². The molecule has 0 aliphatic carbocycles. The molecular formula is C23H24BrNO3. The van der Waals surface area contributed by atoms with Crippen LogP contribution in [-0.2, 0) is 6.54 Å². The van der Waals surface area contributed by atoms with Gasteiger partial charge in [0.05, 0.1) is 11.1 Å². The fraction of sp³-hybridized carbons (Fsp3) is 0.348. The molecule has 0 aromatic heterocycles. The number of nitrogens with zero attached hydrogens (tertiary/aromatic N) is 1. The highest BCUT2D eigenvalue weighted by molar-refractivity contribution is 9.10. The summed E-state index contributed by atoms with van der Waals surface area (Å²) in [5.74, 6) is 0.911. The molecule has 0 radical (unpaired) electrons. The lowest BCUT2D eigenvalue weighted by molar-refractivity contribution is 0.101. The molecule has 0 unspecified atom stereocenters. The van der Waals surface area contributed by atoms with E-state index in [1.807, 2.05) is 31.2 Å². The van der Waals surface area contributed by atoms with Gasteiger partial charge in [0.15, 0.2) is 5.76 Å². The van der Waals surface area contributed by atoms with Crippen molar-refractivity contribution in [2.24, 2.45) is 0 Å². The maximum absolute atomic E-state index is 13.0. The van der Waals surface area contributed by atoms with Crippen molar-refractivity contribution in [2.45, 2.75) is 39.2 Å². The quantitative estimate of drug-likeness (QED) is 0.642. The van der Waals surface area contributed by atoms with E-state index in [1.54, 1.807) is 12.1 Å². The Bertz CT molecular complexity index is 943. The first-order chi connectivity index (χ1) is 13.5. The molecular weight excluding hydrogens is 418 g/mol. The topological polar surface area (TPSA) is 49.8 Å². The Kier molecular flexibility index (Phi) is 5.56. The van der Waals surface area contributed by atoms with Crippen molar-refractivity contribution >= 4 is 27.8 Å². The highest BCUT2D eigenvalue weighted by Crippen LogP contribution is 2.42. The zero-order chi connectivity index (χ0) is 19.7. The van der Waals surface area contributed by atoms with E-state index in [9.17, 15) is 9.90 Å². The fourth-order valence-corrected chi connectivity index (χ4v) is 4.42. The number of likely N-dealkylation sites (tertiary alicyclic amines) is 1. The van der Waals surface area contributed by atoms with E-state index < -0.39 is 0 Å². The molecule has 2 heterocycles. The first kappa shape index (κ1) is 19.2. The van der Waals surface area contributed by atoms with Crippen LogP contribution in [0, 0.1) is 6.92 Å². The van der Waals surface area contributed by atoms with Crippen molar-refractivity contribution in [1.29, 1.82) is 0 Å². The van der Waals surface area contributed by atoms with Crippen LogP contribution >= 0.6 is 15.9 Å². The van der Waals surface area contributed by atoms with Crippen molar-refractivity contribution in [2.75, 3.05) is 13.1 Å². The van der Waals surface area contributed by atoms with Gasteiger partial charge in [-0.15, -0.1) is 0 Å². The number of phenols is 1. The molecule has 1 saturated heterocycles. The van der Waals surface area contributed by atoms with Crippen LogP contribution in [0.15, 0.2) is 40.6 Å². The summed E-state index contributed by atoms with van der Waals surface area (Å²) in [6.07, 6.45) is 6.61. The Morgan fingerprint density at radius 3 is 2.64 bits per heavy atom. The number of aromatic hydroxyl groups is 1. The number of hydrogen-bond acceptors (Lipinski definition) is 4. The lowest BCUT2D eigenvalue weighted by Crippen LogP contribution is -2.24. The molecule has 5 heteroatoms. The van der Waals surface area contributed by atoms with Gasteiger partial charge in [-0.1, -0.05) is 40.9 Å². The molecule has 0 bridgehead atoms. The van der Waals surface area contributed by atoms with Crippen LogP contribution in [0.4, 0.5) is 0 Å². The number of carbonyl (C=O) groups excluding carboxylic acids is 1. The molecule has 0 spiro atoms. The van der Waals surface area contributed by atoms with Crippen molar-refractivity contribution < 1.29 is 14.6 Å². The Morgan fingerprint density at radius 2 is 1.93 bits per heavy atom. The second kappa shape index (κ2) is 8.10. The summed E-state index contributed by atoms with van der Waals surface area (Å²) in [7, 11) is 0. The van der Waals surface area contributed by atoms with Crippen LogP contribution in [0.1, 0.15) is 52.7 Å². The molecule has 2 aliphatic rings. The molecule has 1 N–H and O–H groups in total. The number of benzene rings is 2. The Morgan fingerprint density at radius 1 is 1.18 bits per heavy atom. The predicted octanol–water partition coefficient (Wildman–Crippen LogP) is 5.46. The summed E-state index contributed by atoms with van der Waals surface area (Å²) in [5, 5.41) is 10.6.